The van der Waals surface area contributed by atoms with Crippen molar-refractivity contribution < 1.29 is 14.3 Å². The molecule has 0 bridgehead atoms. The number of thioether (sulfide) groups is 1. The second kappa shape index (κ2) is 12.5. The number of hydrogen-bond donors (Lipinski definition) is 0. The van der Waals surface area contributed by atoms with Gasteiger partial charge in [0.1, 0.15) is 12.4 Å². The lowest BCUT2D eigenvalue weighted by molar-refractivity contribution is -0.139. The Bertz CT molecular complexity index is 2020. The fraction of sp³-hybridized carbons (Fsp3) is 0.171. The van der Waals surface area contributed by atoms with E-state index >= 15 is 0 Å². The van der Waals surface area contributed by atoms with Crippen LogP contribution < -0.4 is 19.6 Å². The van der Waals surface area contributed by atoms with Crippen molar-refractivity contribution in [3.05, 3.63) is 139 Å². The molecule has 1 aromatic heterocycles. The fourth-order valence-corrected chi connectivity index (χ4v) is 6.74. The Hall–Kier alpha value is -4.40. The summed E-state index contributed by atoms with van der Waals surface area (Å²) in [4.78, 5) is 33.3. The molecule has 216 valence electrons. The number of carbonyl (C=O) groups excluding carboxylic acids is 1. The van der Waals surface area contributed by atoms with Gasteiger partial charge in [-0.25, -0.2) is 9.79 Å². The molecule has 5 aromatic rings. The summed E-state index contributed by atoms with van der Waals surface area (Å²) >= 11 is 2.95. The number of rotatable bonds is 8. The van der Waals surface area contributed by atoms with Gasteiger partial charge < -0.3 is 9.47 Å². The summed E-state index contributed by atoms with van der Waals surface area (Å²) in [6, 6.07) is 29.5. The molecule has 43 heavy (non-hydrogen) atoms. The average molecular weight is 607 g/mol. The zero-order valence-electron chi connectivity index (χ0n) is 24.1. The molecular formula is C35H30N2O4S2. The number of benzene rings is 4. The fourth-order valence-electron chi connectivity index (χ4n) is 5.28. The molecular weight excluding hydrogens is 577 g/mol. The molecule has 1 aliphatic heterocycles. The Morgan fingerprint density at radius 1 is 1.00 bits per heavy atom. The van der Waals surface area contributed by atoms with Gasteiger partial charge in [0, 0.05) is 4.90 Å². The standard InChI is InChI=1S/C35H30N2O4S2/c1-4-40-34(39)31-22(2)36-35-37(32(31)25-14-18-28(42-3)19-15-25)33(38)30(43-35)20-23-12-16-27(17-13-23)41-21-26-10-7-9-24-8-5-6-11-29(24)26/h5-20,32H,4,21H2,1-3H3/b30-20-. The van der Waals surface area contributed by atoms with Crippen LogP contribution in [0.2, 0.25) is 0 Å². The van der Waals surface area contributed by atoms with E-state index in [4.69, 9.17) is 9.47 Å². The number of carbonyl (C=O) groups is 1. The Labute approximate surface area is 257 Å². The molecule has 0 N–H and O–H groups in total. The highest BCUT2D eigenvalue weighted by Crippen LogP contribution is 2.31. The zero-order valence-corrected chi connectivity index (χ0v) is 25.7. The van der Waals surface area contributed by atoms with E-state index < -0.39 is 12.0 Å². The Morgan fingerprint density at radius 3 is 2.49 bits per heavy atom. The molecule has 0 aliphatic carbocycles. The number of fused-ring (bicyclic) bond motifs is 2. The summed E-state index contributed by atoms with van der Waals surface area (Å²) in [6.07, 6.45) is 3.87. The first kappa shape index (κ1) is 28.7. The van der Waals surface area contributed by atoms with Gasteiger partial charge in [0.2, 0.25) is 0 Å². The van der Waals surface area contributed by atoms with E-state index in [0.717, 1.165) is 27.3 Å². The molecule has 0 spiro atoms. The quantitative estimate of drug-likeness (QED) is 0.154. The number of hydrogen-bond acceptors (Lipinski definition) is 7. The lowest BCUT2D eigenvalue weighted by atomic mass is 9.96. The van der Waals surface area contributed by atoms with Crippen molar-refractivity contribution in [2.24, 2.45) is 4.99 Å². The van der Waals surface area contributed by atoms with Crippen LogP contribution in [0, 0.1) is 0 Å². The van der Waals surface area contributed by atoms with E-state index in [-0.39, 0.29) is 12.2 Å². The maximum atomic E-state index is 13.9. The van der Waals surface area contributed by atoms with Crippen molar-refractivity contribution in [2.45, 2.75) is 31.4 Å². The molecule has 0 fully saturated rings. The van der Waals surface area contributed by atoms with E-state index in [0.29, 0.717) is 27.2 Å². The molecule has 8 heteroatoms. The van der Waals surface area contributed by atoms with Gasteiger partial charge in [-0.1, -0.05) is 78.1 Å². The lowest BCUT2D eigenvalue weighted by Crippen LogP contribution is -2.39. The number of esters is 1. The predicted octanol–water partition coefficient (Wildman–Crippen LogP) is 6.25. The van der Waals surface area contributed by atoms with Gasteiger partial charge in [0.05, 0.1) is 28.5 Å². The minimum atomic E-state index is -0.627. The van der Waals surface area contributed by atoms with E-state index in [1.807, 2.05) is 79.1 Å². The first-order chi connectivity index (χ1) is 21.0. The topological polar surface area (TPSA) is 69.9 Å². The van der Waals surface area contributed by atoms with Crippen LogP contribution in [0.3, 0.4) is 0 Å². The SMILES string of the molecule is CCOC(=O)C1=C(C)N=c2s/c(=C\c3ccc(OCc4cccc5ccccc45)cc3)c(=O)n2C1c1ccc(SC)cc1. The van der Waals surface area contributed by atoms with Gasteiger partial charge in [-0.15, -0.1) is 11.8 Å². The van der Waals surface area contributed by atoms with Crippen molar-refractivity contribution in [1.29, 1.82) is 0 Å². The predicted molar refractivity (Wildman–Crippen MR) is 173 cm³/mol. The minimum absolute atomic E-state index is 0.201. The van der Waals surface area contributed by atoms with Crippen LogP contribution in [0.5, 0.6) is 5.75 Å². The highest BCUT2D eigenvalue weighted by Gasteiger charge is 2.33. The number of nitrogens with zero attached hydrogens (tertiary/aromatic N) is 2. The zero-order chi connectivity index (χ0) is 29.9. The van der Waals surface area contributed by atoms with Crippen LogP contribution in [0.15, 0.2) is 117 Å². The third kappa shape index (κ3) is 5.81. The van der Waals surface area contributed by atoms with E-state index in [2.05, 4.69) is 29.3 Å². The van der Waals surface area contributed by atoms with E-state index in [9.17, 15) is 9.59 Å². The number of ether oxygens (including phenoxy) is 2. The van der Waals surface area contributed by atoms with Gasteiger partial charge in [0.15, 0.2) is 4.80 Å². The second-order valence-electron chi connectivity index (χ2n) is 10.1. The van der Waals surface area contributed by atoms with Crippen LogP contribution in [-0.4, -0.2) is 23.4 Å². The van der Waals surface area contributed by atoms with Crippen LogP contribution >= 0.6 is 23.1 Å². The van der Waals surface area contributed by atoms with Crippen LogP contribution in [-0.2, 0) is 16.1 Å². The van der Waals surface area contributed by atoms with Crippen molar-refractivity contribution in [3.63, 3.8) is 0 Å². The molecule has 2 heterocycles. The van der Waals surface area contributed by atoms with Crippen LogP contribution in [0.4, 0.5) is 0 Å². The maximum Gasteiger partial charge on any atom is 0.338 e. The molecule has 4 aromatic carbocycles. The largest absolute Gasteiger partial charge is 0.489 e. The van der Waals surface area contributed by atoms with Gasteiger partial charge in [-0.3, -0.25) is 9.36 Å². The van der Waals surface area contributed by atoms with Gasteiger partial charge in [-0.2, -0.15) is 0 Å². The molecule has 6 nitrogen and oxygen atoms in total. The van der Waals surface area contributed by atoms with Gasteiger partial charge >= 0.3 is 5.97 Å². The maximum absolute atomic E-state index is 13.9. The van der Waals surface area contributed by atoms with E-state index in [1.54, 1.807) is 30.2 Å². The average Bonchev–Trinajstić information content (AvgIpc) is 3.33. The van der Waals surface area contributed by atoms with E-state index in [1.165, 1.54) is 22.1 Å². The van der Waals surface area contributed by atoms with Crippen molar-refractivity contribution in [3.8, 4) is 5.75 Å². The number of thiazole rings is 1. The monoisotopic (exact) mass is 606 g/mol. The summed E-state index contributed by atoms with van der Waals surface area (Å²) in [7, 11) is 0. The molecule has 0 saturated heterocycles. The third-order valence-corrected chi connectivity index (χ3v) is 9.13. The molecule has 1 unspecified atom stereocenters. The molecule has 1 aliphatic rings. The summed E-state index contributed by atoms with van der Waals surface area (Å²) in [6.45, 7) is 4.26. The van der Waals surface area contributed by atoms with Crippen molar-refractivity contribution >= 4 is 45.9 Å². The molecule has 0 radical (unpaired) electrons. The Morgan fingerprint density at radius 2 is 1.74 bits per heavy atom. The lowest BCUT2D eigenvalue weighted by Gasteiger charge is -2.24. The van der Waals surface area contributed by atoms with Crippen LogP contribution in [0.1, 0.15) is 36.6 Å². The summed E-state index contributed by atoms with van der Waals surface area (Å²) in [5.41, 5.74) is 3.55. The van der Waals surface area contributed by atoms with Gasteiger partial charge in [0.25, 0.3) is 5.56 Å². The summed E-state index contributed by atoms with van der Waals surface area (Å²) in [5, 5.41) is 2.36. The first-order valence-corrected chi connectivity index (χ1v) is 16.0. The number of allylic oxidation sites excluding steroid dienone is 1. The molecule has 0 amide bonds. The molecule has 6 rings (SSSR count). The molecule has 1 atom stereocenters. The number of aromatic nitrogens is 1. The Balaban J connectivity index is 1.31. The first-order valence-electron chi connectivity index (χ1n) is 14.0. The second-order valence-corrected chi connectivity index (χ2v) is 12.0. The van der Waals surface area contributed by atoms with Crippen molar-refractivity contribution in [2.75, 3.05) is 12.9 Å². The summed E-state index contributed by atoms with van der Waals surface area (Å²) < 4.78 is 13.6. The Kier molecular flexibility index (Phi) is 8.31. The van der Waals surface area contributed by atoms with Crippen LogP contribution in [0.25, 0.3) is 16.8 Å². The van der Waals surface area contributed by atoms with Gasteiger partial charge in [-0.05, 0) is 77.9 Å². The smallest absolute Gasteiger partial charge is 0.338 e. The highest BCUT2D eigenvalue weighted by molar-refractivity contribution is 7.98. The third-order valence-electron chi connectivity index (χ3n) is 7.40. The molecule has 0 saturated carbocycles. The van der Waals surface area contributed by atoms with Crippen molar-refractivity contribution in [1.82, 2.24) is 4.57 Å². The summed E-state index contributed by atoms with van der Waals surface area (Å²) in [5.74, 6) is 0.283. The highest BCUT2D eigenvalue weighted by atomic mass is 32.2. The minimum Gasteiger partial charge on any atom is -0.489 e. The normalized spacial score (nSPS) is 14.9.